The molecular weight excluding hydrogens is 424 g/mol. The molecule has 1 heterocycles. The van der Waals surface area contributed by atoms with E-state index in [1.165, 1.54) is 43.4 Å². The van der Waals surface area contributed by atoms with Gasteiger partial charge in [-0.2, -0.15) is 10.2 Å². The molecule has 4 saturated carbocycles. The third-order valence-electron chi connectivity index (χ3n) is 8.75. The van der Waals surface area contributed by atoms with Crippen LogP contribution in [0.15, 0.2) is 64.8 Å². The standard InChI is InChI=1S/C28H32N4O2/c1-18(28-15-19-11-20(16-28)13-21(12-19)17-28)29-25-14-26(33)32(27(25)34)24-9-7-23(8-10-24)31-30-22-5-3-2-4-6-22/h2-10,18-21,25,29H,11-17H2,1H3/t18-,19?,20?,21?,25-,28?/m1/s1. The van der Waals surface area contributed by atoms with Gasteiger partial charge in [0.2, 0.25) is 5.91 Å². The molecule has 0 unspecified atom stereocenters. The molecule has 1 aliphatic heterocycles. The van der Waals surface area contributed by atoms with Crippen LogP contribution >= 0.6 is 0 Å². The van der Waals surface area contributed by atoms with Gasteiger partial charge in [0.25, 0.3) is 5.91 Å². The highest BCUT2D eigenvalue weighted by molar-refractivity contribution is 6.22. The summed E-state index contributed by atoms with van der Waals surface area (Å²) in [5, 5.41) is 12.1. The number of rotatable bonds is 6. The van der Waals surface area contributed by atoms with E-state index in [1.807, 2.05) is 30.3 Å². The number of hydrogen-bond acceptors (Lipinski definition) is 5. The third-order valence-corrected chi connectivity index (χ3v) is 8.75. The minimum Gasteiger partial charge on any atom is -0.302 e. The van der Waals surface area contributed by atoms with E-state index < -0.39 is 6.04 Å². The highest BCUT2D eigenvalue weighted by Gasteiger charge is 2.54. The molecular formula is C28H32N4O2. The van der Waals surface area contributed by atoms with Gasteiger partial charge in [-0.1, -0.05) is 18.2 Å². The lowest BCUT2D eigenvalue weighted by molar-refractivity contribution is -0.122. The van der Waals surface area contributed by atoms with Crippen molar-refractivity contribution in [3.8, 4) is 0 Å². The average Bonchev–Trinajstić information content (AvgIpc) is 3.10. The molecule has 0 radical (unpaired) electrons. The van der Waals surface area contributed by atoms with E-state index in [1.54, 1.807) is 24.3 Å². The number of azo groups is 1. The summed E-state index contributed by atoms with van der Waals surface area (Å²) in [6.45, 7) is 2.25. The molecule has 6 heteroatoms. The van der Waals surface area contributed by atoms with E-state index in [9.17, 15) is 9.59 Å². The SMILES string of the molecule is C[C@@H](N[C@@H]1CC(=O)N(c2ccc(N=Nc3ccccc3)cc2)C1=O)C12CC3CC(CC(C3)C1)C2. The van der Waals surface area contributed by atoms with Crippen LogP contribution in [0.1, 0.15) is 51.9 Å². The van der Waals surface area contributed by atoms with E-state index in [4.69, 9.17) is 0 Å². The summed E-state index contributed by atoms with van der Waals surface area (Å²) in [5.74, 6) is 2.32. The maximum Gasteiger partial charge on any atom is 0.251 e. The molecule has 4 bridgehead atoms. The van der Waals surface area contributed by atoms with Crippen molar-refractivity contribution < 1.29 is 9.59 Å². The lowest BCUT2D eigenvalue weighted by atomic mass is 9.48. The molecule has 1 N–H and O–H groups in total. The first-order chi connectivity index (χ1) is 16.5. The topological polar surface area (TPSA) is 74.1 Å². The fourth-order valence-corrected chi connectivity index (χ4v) is 7.50. The monoisotopic (exact) mass is 456 g/mol. The van der Waals surface area contributed by atoms with Gasteiger partial charge in [0.05, 0.1) is 29.5 Å². The van der Waals surface area contributed by atoms with Crippen molar-refractivity contribution in [2.45, 2.75) is 64.0 Å². The first-order valence-electron chi connectivity index (χ1n) is 12.7. The molecule has 34 heavy (non-hydrogen) atoms. The van der Waals surface area contributed by atoms with Crippen LogP contribution in [0, 0.1) is 23.2 Å². The Bertz CT molecular complexity index is 1080. The van der Waals surface area contributed by atoms with Crippen LogP contribution in [-0.2, 0) is 9.59 Å². The first kappa shape index (κ1) is 21.7. The molecule has 2 atom stereocenters. The van der Waals surface area contributed by atoms with Gasteiger partial charge >= 0.3 is 0 Å². The van der Waals surface area contributed by atoms with Crippen LogP contribution in [0.5, 0.6) is 0 Å². The molecule has 2 amide bonds. The van der Waals surface area contributed by atoms with Gasteiger partial charge in [0, 0.05) is 6.04 Å². The highest BCUT2D eigenvalue weighted by atomic mass is 16.2. The Kier molecular flexibility index (Phi) is 5.36. The molecule has 5 fully saturated rings. The number of carbonyl (C=O) groups is 2. The number of nitrogens with zero attached hydrogens (tertiary/aromatic N) is 3. The summed E-state index contributed by atoms with van der Waals surface area (Å²) in [5.41, 5.74) is 2.35. The van der Waals surface area contributed by atoms with Crippen LogP contribution in [0.3, 0.4) is 0 Å². The van der Waals surface area contributed by atoms with Crippen LogP contribution in [-0.4, -0.2) is 23.9 Å². The van der Waals surface area contributed by atoms with Crippen molar-refractivity contribution >= 4 is 28.9 Å². The van der Waals surface area contributed by atoms with E-state index >= 15 is 0 Å². The lowest BCUT2D eigenvalue weighted by Gasteiger charge is -2.59. The van der Waals surface area contributed by atoms with Gasteiger partial charge in [-0.25, -0.2) is 4.90 Å². The fourth-order valence-electron chi connectivity index (χ4n) is 7.50. The molecule has 7 rings (SSSR count). The van der Waals surface area contributed by atoms with Crippen molar-refractivity contribution in [1.29, 1.82) is 0 Å². The van der Waals surface area contributed by atoms with Crippen LogP contribution in [0.2, 0.25) is 0 Å². The molecule has 1 saturated heterocycles. The lowest BCUT2D eigenvalue weighted by Crippen LogP contribution is -2.57. The summed E-state index contributed by atoms with van der Waals surface area (Å²) in [4.78, 5) is 27.5. The molecule has 5 aliphatic rings. The minimum absolute atomic E-state index is 0.139. The van der Waals surface area contributed by atoms with Crippen LogP contribution in [0.25, 0.3) is 0 Å². The van der Waals surface area contributed by atoms with Crippen molar-refractivity contribution in [2.75, 3.05) is 4.90 Å². The summed E-state index contributed by atoms with van der Waals surface area (Å²) < 4.78 is 0. The van der Waals surface area contributed by atoms with Gasteiger partial charge in [0.1, 0.15) is 0 Å². The third kappa shape index (κ3) is 3.88. The maximum absolute atomic E-state index is 13.3. The van der Waals surface area contributed by atoms with Gasteiger partial charge in [-0.05, 0) is 105 Å². The molecule has 176 valence electrons. The normalized spacial score (nSPS) is 33.3. The summed E-state index contributed by atoms with van der Waals surface area (Å²) in [6, 6.07) is 16.5. The number of anilines is 1. The van der Waals surface area contributed by atoms with Gasteiger partial charge in [-0.15, -0.1) is 0 Å². The summed E-state index contributed by atoms with van der Waals surface area (Å²) in [7, 11) is 0. The number of nitrogens with one attached hydrogen (secondary N) is 1. The van der Waals surface area contributed by atoms with E-state index in [0.29, 0.717) is 16.8 Å². The Balaban J connectivity index is 1.13. The highest BCUT2D eigenvalue weighted by Crippen LogP contribution is 2.61. The van der Waals surface area contributed by atoms with Gasteiger partial charge < -0.3 is 5.32 Å². The Morgan fingerprint density at radius 2 is 1.41 bits per heavy atom. The zero-order valence-electron chi connectivity index (χ0n) is 19.7. The molecule has 4 aliphatic carbocycles. The fraction of sp³-hybridized carbons (Fsp3) is 0.500. The molecule has 2 aromatic rings. The molecule has 0 spiro atoms. The largest absolute Gasteiger partial charge is 0.302 e. The smallest absolute Gasteiger partial charge is 0.251 e. The van der Waals surface area contributed by atoms with E-state index in [2.05, 4.69) is 22.5 Å². The maximum atomic E-state index is 13.3. The van der Waals surface area contributed by atoms with E-state index in [-0.39, 0.29) is 24.3 Å². The quantitative estimate of drug-likeness (QED) is 0.432. The second kappa shape index (κ2) is 8.42. The van der Waals surface area contributed by atoms with Crippen molar-refractivity contribution in [1.82, 2.24) is 5.32 Å². The number of imide groups is 1. The van der Waals surface area contributed by atoms with Crippen LogP contribution < -0.4 is 10.2 Å². The zero-order chi connectivity index (χ0) is 23.3. The predicted molar refractivity (Wildman–Crippen MR) is 131 cm³/mol. The minimum atomic E-state index is -0.437. The van der Waals surface area contributed by atoms with Crippen LogP contribution in [0.4, 0.5) is 17.1 Å². The summed E-state index contributed by atoms with van der Waals surface area (Å²) >= 11 is 0. The Hall–Kier alpha value is -2.86. The average molecular weight is 457 g/mol. The summed E-state index contributed by atoms with van der Waals surface area (Å²) in [6.07, 6.45) is 8.29. The Morgan fingerprint density at radius 1 is 0.853 bits per heavy atom. The molecule has 0 aromatic heterocycles. The zero-order valence-corrected chi connectivity index (χ0v) is 19.7. The Labute approximate surface area is 200 Å². The first-order valence-corrected chi connectivity index (χ1v) is 12.7. The number of carbonyl (C=O) groups excluding carboxylic acids is 2. The van der Waals surface area contributed by atoms with Crippen molar-refractivity contribution in [3.05, 3.63) is 54.6 Å². The second-order valence-corrected chi connectivity index (χ2v) is 11.0. The van der Waals surface area contributed by atoms with Crippen molar-refractivity contribution in [3.63, 3.8) is 0 Å². The van der Waals surface area contributed by atoms with Crippen molar-refractivity contribution in [2.24, 2.45) is 33.4 Å². The van der Waals surface area contributed by atoms with E-state index in [0.717, 1.165) is 23.4 Å². The van der Waals surface area contributed by atoms with Gasteiger partial charge in [0.15, 0.2) is 0 Å². The molecule has 6 nitrogen and oxygen atoms in total. The predicted octanol–water partition coefficient (Wildman–Crippen LogP) is 5.93. The number of benzene rings is 2. The number of hydrogen-bond donors (Lipinski definition) is 1. The molecule has 2 aromatic carbocycles. The number of amides is 2. The second-order valence-electron chi connectivity index (χ2n) is 11.0. The Morgan fingerprint density at radius 3 is 2.00 bits per heavy atom. The van der Waals surface area contributed by atoms with Gasteiger partial charge in [-0.3, -0.25) is 9.59 Å².